The van der Waals surface area contributed by atoms with Crippen molar-refractivity contribution in [1.29, 1.82) is 5.41 Å². The fourth-order valence-corrected chi connectivity index (χ4v) is 2.19. The SMILES string of the molecule is N=C(N)c1cnc(NC(=O)NCC(=O)NCc2cccc(Br)c2)nc1. The first-order valence-corrected chi connectivity index (χ1v) is 7.96. The van der Waals surface area contributed by atoms with E-state index in [0.29, 0.717) is 12.1 Å². The normalized spacial score (nSPS) is 9.96. The number of nitrogens with one attached hydrogen (secondary N) is 4. The third kappa shape index (κ3) is 6.18. The molecule has 1 heterocycles. The molecular formula is C15H16BrN7O2. The average molecular weight is 406 g/mol. The van der Waals surface area contributed by atoms with Gasteiger partial charge < -0.3 is 16.4 Å². The van der Waals surface area contributed by atoms with E-state index in [1.165, 1.54) is 12.4 Å². The topological polar surface area (TPSA) is 146 Å². The Balaban J connectivity index is 1.73. The molecule has 0 saturated carbocycles. The number of carbonyl (C=O) groups excluding carboxylic acids is 2. The molecule has 1 aromatic carbocycles. The summed E-state index contributed by atoms with van der Waals surface area (Å²) in [6.07, 6.45) is 2.63. The quantitative estimate of drug-likeness (QED) is 0.358. The molecule has 1 aromatic heterocycles. The van der Waals surface area contributed by atoms with E-state index in [1.807, 2.05) is 24.3 Å². The minimum Gasteiger partial charge on any atom is -0.384 e. The van der Waals surface area contributed by atoms with E-state index in [1.54, 1.807) is 0 Å². The molecule has 9 nitrogen and oxygen atoms in total. The van der Waals surface area contributed by atoms with Gasteiger partial charge in [-0.1, -0.05) is 28.1 Å². The molecule has 0 atom stereocenters. The van der Waals surface area contributed by atoms with Crippen molar-refractivity contribution in [1.82, 2.24) is 20.6 Å². The number of benzene rings is 1. The molecule has 2 rings (SSSR count). The lowest BCUT2D eigenvalue weighted by Crippen LogP contribution is -2.39. The highest BCUT2D eigenvalue weighted by molar-refractivity contribution is 9.10. The molecular weight excluding hydrogens is 390 g/mol. The highest BCUT2D eigenvalue weighted by atomic mass is 79.9. The Morgan fingerprint density at radius 1 is 1.20 bits per heavy atom. The molecule has 0 saturated heterocycles. The highest BCUT2D eigenvalue weighted by Gasteiger charge is 2.07. The van der Waals surface area contributed by atoms with Crippen LogP contribution in [0.3, 0.4) is 0 Å². The molecule has 0 aliphatic rings. The molecule has 0 aliphatic carbocycles. The van der Waals surface area contributed by atoms with Gasteiger partial charge in [0.1, 0.15) is 5.84 Å². The molecule has 2 aromatic rings. The van der Waals surface area contributed by atoms with Gasteiger partial charge in [0, 0.05) is 23.4 Å². The molecule has 25 heavy (non-hydrogen) atoms. The Labute approximate surface area is 152 Å². The van der Waals surface area contributed by atoms with Gasteiger partial charge in [-0.25, -0.2) is 14.8 Å². The first kappa shape index (κ1) is 18.3. The average Bonchev–Trinajstić information content (AvgIpc) is 2.58. The Morgan fingerprint density at radius 3 is 2.56 bits per heavy atom. The standard InChI is InChI=1S/C15H16BrN7O2/c16-11-3-1-2-9(4-11)5-19-12(24)8-22-15(25)23-14-20-6-10(7-21-14)13(17)18/h1-4,6-7H,5,8H2,(H3,17,18)(H,19,24)(H2,20,21,22,23,25). The number of anilines is 1. The van der Waals surface area contributed by atoms with Crippen molar-refractivity contribution in [3.05, 3.63) is 52.3 Å². The lowest BCUT2D eigenvalue weighted by molar-refractivity contribution is -0.120. The zero-order valence-corrected chi connectivity index (χ0v) is 14.6. The van der Waals surface area contributed by atoms with Crippen molar-refractivity contribution in [2.24, 2.45) is 5.73 Å². The number of hydrogen-bond donors (Lipinski definition) is 5. The third-order valence-corrected chi connectivity index (χ3v) is 3.47. The predicted octanol–water partition coefficient (Wildman–Crippen LogP) is 0.961. The Kier molecular flexibility index (Phi) is 6.40. The van der Waals surface area contributed by atoms with E-state index in [4.69, 9.17) is 11.1 Å². The van der Waals surface area contributed by atoms with Gasteiger partial charge in [-0.05, 0) is 17.7 Å². The first-order chi connectivity index (χ1) is 11.9. The van der Waals surface area contributed by atoms with E-state index in [-0.39, 0.29) is 24.2 Å². The van der Waals surface area contributed by atoms with Crippen molar-refractivity contribution >= 4 is 39.7 Å². The molecule has 130 valence electrons. The van der Waals surface area contributed by atoms with Gasteiger partial charge in [0.2, 0.25) is 11.9 Å². The summed E-state index contributed by atoms with van der Waals surface area (Å²) in [6, 6.07) is 6.92. The highest BCUT2D eigenvalue weighted by Crippen LogP contribution is 2.11. The summed E-state index contributed by atoms with van der Waals surface area (Å²) in [5.74, 6) is -0.460. The number of amidine groups is 1. The van der Waals surface area contributed by atoms with Crippen LogP contribution in [0.1, 0.15) is 11.1 Å². The van der Waals surface area contributed by atoms with Crippen LogP contribution in [0.25, 0.3) is 0 Å². The van der Waals surface area contributed by atoms with Gasteiger partial charge in [0.15, 0.2) is 0 Å². The van der Waals surface area contributed by atoms with Gasteiger partial charge in [0.25, 0.3) is 0 Å². The first-order valence-electron chi connectivity index (χ1n) is 7.16. The Hall–Kier alpha value is -3.01. The zero-order chi connectivity index (χ0) is 18.2. The van der Waals surface area contributed by atoms with Gasteiger partial charge in [-0.15, -0.1) is 0 Å². The summed E-state index contributed by atoms with van der Waals surface area (Å²) < 4.78 is 0.924. The summed E-state index contributed by atoms with van der Waals surface area (Å²) in [5.41, 5.74) is 6.56. The number of urea groups is 1. The second-order valence-corrected chi connectivity index (χ2v) is 5.84. The van der Waals surface area contributed by atoms with Crippen LogP contribution >= 0.6 is 15.9 Å². The third-order valence-electron chi connectivity index (χ3n) is 2.98. The molecule has 0 fully saturated rings. The van der Waals surface area contributed by atoms with Crippen molar-refractivity contribution < 1.29 is 9.59 Å². The number of halogens is 1. The lowest BCUT2D eigenvalue weighted by atomic mass is 10.2. The minimum atomic E-state index is -0.617. The van der Waals surface area contributed by atoms with Gasteiger partial charge in [-0.3, -0.25) is 15.5 Å². The van der Waals surface area contributed by atoms with E-state index in [9.17, 15) is 9.59 Å². The van der Waals surface area contributed by atoms with Crippen LogP contribution in [0.4, 0.5) is 10.7 Å². The fourth-order valence-electron chi connectivity index (χ4n) is 1.75. The largest absolute Gasteiger partial charge is 0.384 e. The summed E-state index contributed by atoms with van der Waals surface area (Å²) >= 11 is 3.35. The van der Waals surface area contributed by atoms with Gasteiger partial charge in [0.05, 0.1) is 12.1 Å². The van der Waals surface area contributed by atoms with E-state index in [2.05, 4.69) is 41.8 Å². The molecule has 0 bridgehead atoms. The van der Waals surface area contributed by atoms with Crippen LogP contribution in [-0.4, -0.2) is 34.3 Å². The maximum absolute atomic E-state index is 11.7. The second-order valence-electron chi connectivity index (χ2n) is 4.92. The number of nitrogens with zero attached hydrogens (tertiary/aromatic N) is 2. The number of nitrogens with two attached hydrogens (primary N) is 1. The minimum absolute atomic E-state index is 0.0389. The number of rotatable bonds is 6. The second kappa shape index (κ2) is 8.73. The monoisotopic (exact) mass is 405 g/mol. The molecule has 0 radical (unpaired) electrons. The van der Waals surface area contributed by atoms with E-state index >= 15 is 0 Å². The number of amides is 3. The van der Waals surface area contributed by atoms with Crippen LogP contribution in [-0.2, 0) is 11.3 Å². The lowest BCUT2D eigenvalue weighted by Gasteiger charge is -2.08. The fraction of sp³-hybridized carbons (Fsp3) is 0.133. The van der Waals surface area contributed by atoms with Gasteiger partial charge in [-0.2, -0.15) is 0 Å². The van der Waals surface area contributed by atoms with Crippen molar-refractivity contribution in [2.75, 3.05) is 11.9 Å². The van der Waals surface area contributed by atoms with Crippen LogP contribution in [0, 0.1) is 5.41 Å². The maximum Gasteiger partial charge on any atom is 0.322 e. The molecule has 10 heteroatoms. The zero-order valence-electron chi connectivity index (χ0n) is 13.0. The summed E-state index contributed by atoms with van der Waals surface area (Å²) in [5, 5.41) is 14.7. The number of nitrogen functional groups attached to an aromatic ring is 1. The molecule has 0 spiro atoms. The predicted molar refractivity (Wildman–Crippen MR) is 96.1 cm³/mol. The van der Waals surface area contributed by atoms with Crippen molar-refractivity contribution in [3.8, 4) is 0 Å². The van der Waals surface area contributed by atoms with Crippen molar-refractivity contribution in [3.63, 3.8) is 0 Å². The van der Waals surface area contributed by atoms with Crippen LogP contribution in [0.2, 0.25) is 0 Å². The summed E-state index contributed by atoms with van der Waals surface area (Å²) in [4.78, 5) is 31.1. The van der Waals surface area contributed by atoms with Crippen LogP contribution in [0.15, 0.2) is 41.1 Å². The van der Waals surface area contributed by atoms with Crippen LogP contribution in [0.5, 0.6) is 0 Å². The number of aromatic nitrogens is 2. The summed E-state index contributed by atoms with van der Waals surface area (Å²) in [6.45, 7) is 0.169. The van der Waals surface area contributed by atoms with Crippen molar-refractivity contribution in [2.45, 2.75) is 6.54 Å². The molecule has 6 N–H and O–H groups in total. The molecule has 0 unspecified atom stereocenters. The molecule has 3 amide bonds. The number of hydrogen-bond acceptors (Lipinski definition) is 5. The number of carbonyl (C=O) groups is 2. The molecule has 0 aliphatic heterocycles. The Morgan fingerprint density at radius 2 is 1.92 bits per heavy atom. The summed E-state index contributed by atoms with van der Waals surface area (Å²) in [7, 11) is 0. The van der Waals surface area contributed by atoms with E-state index < -0.39 is 6.03 Å². The Bertz CT molecular complexity index is 780. The van der Waals surface area contributed by atoms with Crippen LogP contribution < -0.4 is 21.7 Å². The smallest absolute Gasteiger partial charge is 0.322 e. The van der Waals surface area contributed by atoms with E-state index in [0.717, 1.165) is 10.0 Å². The van der Waals surface area contributed by atoms with Gasteiger partial charge >= 0.3 is 6.03 Å². The maximum atomic E-state index is 11.7.